The molecule has 0 saturated heterocycles. The quantitative estimate of drug-likeness (QED) is 0.307. The summed E-state index contributed by atoms with van der Waals surface area (Å²) < 4.78 is 4.81. The van der Waals surface area contributed by atoms with Crippen molar-refractivity contribution in [3.8, 4) is 0 Å². The fourth-order valence-electron chi connectivity index (χ4n) is 1.80. The molecule has 1 amide bonds. The summed E-state index contributed by atoms with van der Waals surface area (Å²) in [6.45, 7) is -0.647. The van der Waals surface area contributed by atoms with E-state index in [0.29, 0.717) is 0 Å². The second-order valence-corrected chi connectivity index (χ2v) is 6.42. The number of carbonyl (C=O) groups excluding carboxylic acids is 2. The zero-order valence-corrected chi connectivity index (χ0v) is 15.6. The third-order valence-corrected chi connectivity index (χ3v) is 4.35. The normalized spacial score (nSPS) is 10.3. The lowest BCUT2D eigenvalue weighted by Crippen LogP contribution is -2.21. The molecule has 26 heavy (non-hydrogen) atoms. The molecule has 0 atom stereocenters. The summed E-state index contributed by atoms with van der Waals surface area (Å²) in [4.78, 5) is 33.9. The maximum Gasteiger partial charge on any atom is 0.338 e. The zero-order valence-electron chi connectivity index (χ0n) is 12.6. The Morgan fingerprint density at radius 3 is 2.31 bits per heavy atom. The summed E-state index contributed by atoms with van der Waals surface area (Å²) in [5.41, 5.74) is -0.390. The number of hydrogen-bond acceptors (Lipinski definition) is 5. The lowest BCUT2D eigenvalue weighted by molar-refractivity contribution is -0.384. The molecule has 11 heteroatoms. The summed E-state index contributed by atoms with van der Waals surface area (Å²) in [7, 11) is 0. The van der Waals surface area contributed by atoms with E-state index in [-0.39, 0.29) is 31.3 Å². The number of nitro groups is 1. The molecule has 0 spiro atoms. The molecule has 2 aromatic rings. The highest BCUT2D eigenvalue weighted by Gasteiger charge is 2.18. The minimum Gasteiger partial charge on any atom is -0.452 e. The molecule has 0 aromatic heterocycles. The van der Waals surface area contributed by atoms with Crippen molar-refractivity contribution in [2.24, 2.45) is 0 Å². The Morgan fingerprint density at radius 2 is 1.65 bits per heavy atom. The number of nitro benzene ring substituents is 1. The standard InChI is InChI=1S/C15H8Cl4N2O5/c16-8-2-1-7(3-13(8)21(24)25)15(23)26-6-14(22)20-12-5-10(18)9(17)4-11(12)19/h1-5H,6H2,(H,20,22). The van der Waals surface area contributed by atoms with Gasteiger partial charge in [0.25, 0.3) is 11.6 Å². The van der Waals surface area contributed by atoms with Crippen LogP contribution >= 0.6 is 46.4 Å². The van der Waals surface area contributed by atoms with Gasteiger partial charge in [0.05, 0.1) is 31.2 Å². The Labute approximate surface area is 166 Å². The topological polar surface area (TPSA) is 98.5 Å². The highest BCUT2D eigenvalue weighted by molar-refractivity contribution is 6.44. The molecule has 0 saturated carbocycles. The smallest absolute Gasteiger partial charge is 0.338 e. The fraction of sp³-hybridized carbons (Fsp3) is 0.0667. The SMILES string of the molecule is O=C(COC(=O)c1ccc(Cl)c([N+](=O)[O-])c1)Nc1cc(Cl)c(Cl)cc1Cl. The van der Waals surface area contributed by atoms with Crippen LogP contribution in [0.4, 0.5) is 11.4 Å². The van der Waals surface area contributed by atoms with Crippen LogP contribution in [0.1, 0.15) is 10.4 Å². The Morgan fingerprint density at radius 1 is 1.00 bits per heavy atom. The summed E-state index contributed by atoms with van der Waals surface area (Å²) >= 11 is 23.2. The molecule has 0 unspecified atom stereocenters. The van der Waals surface area contributed by atoms with Crippen molar-refractivity contribution < 1.29 is 19.2 Å². The van der Waals surface area contributed by atoms with Gasteiger partial charge in [-0.1, -0.05) is 46.4 Å². The first-order chi connectivity index (χ1) is 12.2. The van der Waals surface area contributed by atoms with Crippen LogP contribution < -0.4 is 5.32 Å². The van der Waals surface area contributed by atoms with E-state index in [1.165, 1.54) is 24.3 Å². The maximum atomic E-state index is 11.9. The van der Waals surface area contributed by atoms with Gasteiger partial charge < -0.3 is 10.1 Å². The molecule has 0 bridgehead atoms. The number of halogens is 4. The number of ether oxygens (including phenoxy) is 1. The molecule has 1 N–H and O–H groups in total. The van der Waals surface area contributed by atoms with Crippen molar-refractivity contribution in [1.82, 2.24) is 0 Å². The van der Waals surface area contributed by atoms with Crippen LogP contribution in [0.2, 0.25) is 20.1 Å². The second-order valence-electron chi connectivity index (χ2n) is 4.79. The lowest BCUT2D eigenvalue weighted by Gasteiger charge is -2.09. The van der Waals surface area contributed by atoms with E-state index in [1.807, 2.05) is 0 Å². The van der Waals surface area contributed by atoms with E-state index in [2.05, 4.69) is 5.32 Å². The molecule has 2 rings (SSSR count). The average Bonchev–Trinajstić information content (AvgIpc) is 2.57. The Balaban J connectivity index is 2.01. The van der Waals surface area contributed by atoms with Crippen molar-refractivity contribution in [1.29, 1.82) is 0 Å². The van der Waals surface area contributed by atoms with Crippen LogP contribution in [0.15, 0.2) is 30.3 Å². The minimum atomic E-state index is -0.930. The highest BCUT2D eigenvalue weighted by atomic mass is 35.5. The summed E-state index contributed by atoms with van der Waals surface area (Å²) in [6, 6.07) is 6.07. The molecular weight excluding hydrogens is 430 g/mol. The van der Waals surface area contributed by atoms with E-state index < -0.39 is 29.1 Å². The Bertz CT molecular complexity index is 904. The van der Waals surface area contributed by atoms with E-state index in [4.69, 9.17) is 51.1 Å². The molecule has 2 aromatic carbocycles. The number of benzene rings is 2. The molecule has 7 nitrogen and oxygen atoms in total. The summed E-state index contributed by atoms with van der Waals surface area (Å²) in [5.74, 6) is -1.62. The first-order valence-electron chi connectivity index (χ1n) is 6.74. The second kappa shape index (κ2) is 8.55. The molecule has 136 valence electrons. The van der Waals surface area contributed by atoms with Gasteiger partial charge in [0, 0.05) is 6.07 Å². The number of esters is 1. The molecule has 0 aliphatic carbocycles. The van der Waals surface area contributed by atoms with Gasteiger partial charge in [0.1, 0.15) is 5.02 Å². The Hall–Kier alpha value is -2.06. The molecule has 0 aliphatic rings. The van der Waals surface area contributed by atoms with E-state index in [1.54, 1.807) is 0 Å². The highest BCUT2D eigenvalue weighted by Crippen LogP contribution is 2.32. The van der Waals surface area contributed by atoms with Gasteiger partial charge in [-0.2, -0.15) is 0 Å². The maximum absolute atomic E-state index is 11.9. The average molecular weight is 438 g/mol. The largest absolute Gasteiger partial charge is 0.452 e. The van der Waals surface area contributed by atoms with Crippen LogP contribution in [-0.4, -0.2) is 23.4 Å². The van der Waals surface area contributed by atoms with Gasteiger partial charge in [0.2, 0.25) is 0 Å². The molecule has 0 radical (unpaired) electrons. The van der Waals surface area contributed by atoms with Crippen LogP contribution in [-0.2, 0) is 9.53 Å². The van der Waals surface area contributed by atoms with E-state index >= 15 is 0 Å². The van der Waals surface area contributed by atoms with Crippen LogP contribution in [0.5, 0.6) is 0 Å². The molecular formula is C15H8Cl4N2O5. The first kappa shape index (κ1) is 20.3. The number of carbonyl (C=O) groups is 2. The number of amides is 1. The van der Waals surface area contributed by atoms with Crippen molar-refractivity contribution in [2.75, 3.05) is 11.9 Å². The van der Waals surface area contributed by atoms with Crippen molar-refractivity contribution in [2.45, 2.75) is 0 Å². The minimum absolute atomic E-state index is 0.124. The van der Waals surface area contributed by atoms with Crippen molar-refractivity contribution in [3.63, 3.8) is 0 Å². The van der Waals surface area contributed by atoms with E-state index in [0.717, 1.165) is 6.07 Å². The summed E-state index contributed by atoms with van der Waals surface area (Å²) in [5, 5.41) is 13.6. The van der Waals surface area contributed by atoms with Crippen molar-refractivity contribution in [3.05, 3.63) is 66.1 Å². The van der Waals surface area contributed by atoms with Gasteiger partial charge in [-0.15, -0.1) is 0 Å². The molecule has 0 heterocycles. The number of nitrogens with zero attached hydrogens (tertiary/aromatic N) is 1. The van der Waals surface area contributed by atoms with Gasteiger partial charge in [0.15, 0.2) is 6.61 Å². The predicted octanol–water partition coefficient (Wildman–Crippen LogP) is 5.00. The molecule has 0 fully saturated rings. The third-order valence-electron chi connectivity index (χ3n) is 3.00. The van der Waals surface area contributed by atoms with Crippen LogP contribution in [0.3, 0.4) is 0 Å². The van der Waals surface area contributed by atoms with Gasteiger partial charge in [-0.25, -0.2) is 4.79 Å². The number of hydrogen-bond donors (Lipinski definition) is 1. The summed E-state index contributed by atoms with van der Waals surface area (Å²) in [6.07, 6.45) is 0. The van der Waals surface area contributed by atoms with Crippen LogP contribution in [0.25, 0.3) is 0 Å². The number of rotatable bonds is 5. The van der Waals surface area contributed by atoms with Gasteiger partial charge >= 0.3 is 5.97 Å². The number of nitrogens with one attached hydrogen (secondary N) is 1. The van der Waals surface area contributed by atoms with E-state index in [9.17, 15) is 19.7 Å². The fourth-order valence-corrected chi connectivity index (χ4v) is 2.58. The third kappa shape index (κ3) is 4.98. The van der Waals surface area contributed by atoms with Crippen molar-refractivity contribution >= 4 is 69.7 Å². The lowest BCUT2D eigenvalue weighted by atomic mass is 10.2. The zero-order chi connectivity index (χ0) is 19.4. The first-order valence-corrected chi connectivity index (χ1v) is 8.25. The van der Waals surface area contributed by atoms with Gasteiger partial charge in [-0.05, 0) is 24.3 Å². The number of anilines is 1. The predicted molar refractivity (Wildman–Crippen MR) is 98.5 cm³/mol. The monoisotopic (exact) mass is 436 g/mol. The Kier molecular flexibility index (Phi) is 6.66. The van der Waals surface area contributed by atoms with Gasteiger partial charge in [-0.3, -0.25) is 14.9 Å². The van der Waals surface area contributed by atoms with Crippen LogP contribution in [0, 0.1) is 10.1 Å². The molecule has 0 aliphatic heterocycles.